The standard InChI is InChI=1S/C25H29N5O4S/c1-5-30-22(17(4)26-23(32)20-13-8-7-10-16(20)3)28-29-25(30)35-15-21(31)27-19-12-9-11-18(14-19)24(33)34-6-2/h7-14,17H,5-6,15H2,1-4H3,(H,26,32)(H,27,31)/t17-/m0/s1. The Kier molecular flexibility index (Phi) is 9.02. The van der Waals surface area contributed by atoms with Crippen molar-refractivity contribution in [3.8, 4) is 0 Å². The number of amides is 2. The van der Waals surface area contributed by atoms with Crippen LogP contribution in [0.15, 0.2) is 53.7 Å². The number of aromatic nitrogens is 3. The Bertz CT molecular complexity index is 1210. The third-order valence-electron chi connectivity index (χ3n) is 5.18. The van der Waals surface area contributed by atoms with Crippen LogP contribution in [0.3, 0.4) is 0 Å². The predicted molar refractivity (Wildman–Crippen MR) is 135 cm³/mol. The average Bonchev–Trinajstić information content (AvgIpc) is 3.26. The first-order chi connectivity index (χ1) is 16.8. The molecular weight excluding hydrogens is 466 g/mol. The molecule has 2 N–H and O–H groups in total. The number of esters is 1. The van der Waals surface area contributed by atoms with Gasteiger partial charge in [-0.05, 0) is 57.5 Å². The number of hydrogen-bond acceptors (Lipinski definition) is 7. The number of anilines is 1. The highest BCUT2D eigenvalue weighted by atomic mass is 32.2. The third kappa shape index (κ3) is 6.69. The number of carbonyl (C=O) groups is 3. The Labute approximate surface area is 208 Å². The van der Waals surface area contributed by atoms with Gasteiger partial charge in [0.15, 0.2) is 11.0 Å². The van der Waals surface area contributed by atoms with Gasteiger partial charge in [-0.25, -0.2) is 4.79 Å². The van der Waals surface area contributed by atoms with Crippen molar-refractivity contribution in [2.24, 2.45) is 0 Å². The molecule has 10 heteroatoms. The molecule has 2 amide bonds. The lowest BCUT2D eigenvalue weighted by Crippen LogP contribution is -2.29. The van der Waals surface area contributed by atoms with Crippen LogP contribution in [0.2, 0.25) is 0 Å². The van der Waals surface area contributed by atoms with Crippen LogP contribution in [0, 0.1) is 6.92 Å². The van der Waals surface area contributed by atoms with Crippen molar-refractivity contribution in [1.82, 2.24) is 20.1 Å². The number of ether oxygens (including phenoxy) is 1. The van der Waals surface area contributed by atoms with Gasteiger partial charge >= 0.3 is 5.97 Å². The zero-order chi connectivity index (χ0) is 25.4. The molecule has 0 saturated carbocycles. The summed E-state index contributed by atoms with van der Waals surface area (Å²) in [5, 5.41) is 14.8. The molecule has 184 valence electrons. The van der Waals surface area contributed by atoms with Gasteiger partial charge in [0.1, 0.15) is 0 Å². The zero-order valence-corrected chi connectivity index (χ0v) is 21.0. The van der Waals surface area contributed by atoms with Gasteiger partial charge in [-0.2, -0.15) is 0 Å². The van der Waals surface area contributed by atoms with Crippen molar-refractivity contribution < 1.29 is 19.1 Å². The molecule has 0 unspecified atom stereocenters. The fourth-order valence-electron chi connectivity index (χ4n) is 3.46. The molecule has 3 aromatic rings. The Morgan fingerprint density at radius 3 is 2.57 bits per heavy atom. The zero-order valence-electron chi connectivity index (χ0n) is 20.2. The van der Waals surface area contributed by atoms with Crippen LogP contribution < -0.4 is 10.6 Å². The lowest BCUT2D eigenvalue weighted by atomic mass is 10.1. The van der Waals surface area contributed by atoms with Crippen molar-refractivity contribution in [3.05, 3.63) is 71.0 Å². The lowest BCUT2D eigenvalue weighted by Gasteiger charge is -2.16. The van der Waals surface area contributed by atoms with E-state index >= 15 is 0 Å². The first-order valence-electron chi connectivity index (χ1n) is 11.3. The minimum absolute atomic E-state index is 0.103. The molecule has 0 aliphatic heterocycles. The monoisotopic (exact) mass is 495 g/mol. The number of hydrogen-bond donors (Lipinski definition) is 2. The number of benzene rings is 2. The number of thioether (sulfide) groups is 1. The molecule has 0 spiro atoms. The Hall–Kier alpha value is -3.66. The minimum atomic E-state index is -0.440. The normalized spacial score (nSPS) is 11.5. The summed E-state index contributed by atoms with van der Waals surface area (Å²) >= 11 is 1.25. The Balaban J connectivity index is 1.62. The minimum Gasteiger partial charge on any atom is -0.462 e. The van der Waals surface area contributed by atoms with E-state index in [9.17, 15) is 14.4 Å². The summed E-state index contributed by atoms with van der Waals surface area (Å²) in [6, 6.07) is 13.6. The van der Waals surface area contributed by atoms with E-state index in [0.29, 0.717) is 34.3 Å². The molecule has 0 bridgehead atoms. The third-order valence-corrected chi connectivity index (χ3v) is 6.14. The average molecular weight is 496 g/mol. The lowest BCUT2D eigenvalue weighted by molar-refractivity contribution is -0.113. The van der Waals surface area contributed by atoms with Gasteiger partial charge in [0, 0.05) is 17.8 Å². The van der Waals surface area contributed by atoms with Gasteiger partial charge in [0.25, 0.3) is 5.91 Å². The highest BCUT2D eigenvalue weighted by Gasteiger charge is 2.21. The Morgan fingerprint density at radius 2 is 1.86 bits per heavy atom. The van der Waals surface area contributed by atoms with Crippen LogP contribution in [0.25, 0.3) is 0 Å². The molecule has 1 atom stereocenters. The summed E-state index contributed by atoms with van der Waals surface area (Å²) in [5.41, 5.74) is 2.38. The maximum atomic E-state index is 12.7. The van der Waals surface area contributed by atoms with Crippen LogP contribution in [0.1, 0.15) is 58.9 Å². The molecule has 0 radical (unpaired) electrons. The van der Waals surface area contributed by atoms with Crippen LogP contribution in [-0.2, 0) is 16.1 Å². The number of carbonyl (C=O) groups excluding carboxylic acids is 3. The molecule has 0 aliphatic carbocycles. The second kappa shape index (κ2) is 12.2. The van der Waals surface area contributed by atoms with Crippen molar-refractivity contribution >= 4 is 35.2 Å². The smallest absolute Gasteiger partial charge is 0.338 e. The van der Waals surface area contributed by atoms with E-state index in [1.807, 2.05) is 43.5 Å². The van der Waals surface area contributed by atoms with E-state index in [-0.39, 0.29) is 30.2 Å². The molecule has 1 aromatic heterocycles. The summed E-state index contributed by atoms with van der Waals surface area (Å²) in [4.78, 5) is 37.1. The van der Waals surface area contributed by atoms with Crippen LogP contribution in [0.4, 0.5) is 5.69 Å². The molecule has 0 saturated heterocycles. The highest BCUT2D eigenvalue weighted by molar-refractivity contribution is 7.99. The number of nitrogens with one attached hydrogen (secondary N) is 2. The topological polar surface area (TPSA) is 115 Å². The summed E-state index contributed by atoms with van der Waals surface area (Å²) in [7, 11) is 0. The maximum Gasteiger partial charge on any atom is 0.338 e. The van der Waals surface area contributed by atoms with Gasteiger partial charge < -0.3 is 19.9 Å². The van der Waals surface area contributed by atoms with Gasteiger partial charge in [0.2, 0.25) is 5.91 Å². The second-order valence-electron chi connectivity index (χ2n) is 7.73. The molecule has 1 heterocycles. The van der Waals surface area contributed by atoms with Gasteiger partial charge in [-0.15, -0.1) is 10.2 Å². The summed E-state index contributed by atoms with van der Waals surface area (Å²) in [6.45, 7) is 8.29. The van der Waals surface area contributed by atoms with Crippen molar-refractivity contribution in [1.29, 1.82) is 0 Å². The molecule has 9 nitrogen and oxygen atoms in total. The van der Waals surface area contributed by atoms with Crippen molar-refractivity contribution in [3.63, 3.8) is 0 Å². The molecule has 0 aliphatic rings. The van der Waals surface area contributed by atoms with E-state index in [1.54, 1.807) is 37.3 Å². The van der Waals surface area contributed by atoms with E-state index in [1.165, 1.54) is 11.8 Å². The Morgan fingerprint density at radius 1 is 1.09 bits per heavy atom. The molecule has 3 rings (SSSR count). The molecule has 2 aromatic carbocycles. The number of nitrogens with zero attached hydrogens (tertiary/aromatic N) is 3. The quantitative estimate of drug-likeness (QED) is 0.323. The van der Waals surface area contributed by atoms with E-state index in [0.717, 1.165) is 5.56 Å². The van der Waals surface area contributed by atoms with E-state index < -0.39 is 5.97 Å². The van der Waals surface area contributed by atoms with Crippen LogP contribution >= 0.6 is 11.8 Å². The van der Waals surface area contributed by atoms with Crippen LogP contribution in [-0.4, -0.2) is 44.9 Å². The number of rotatable bonds is 10. The van der Waals surface area contributed by atoms with Gasteiger partial charge in [-0.3, -0.25) is 9.59 Å². The largest absolute Gasteiger partial charge is 0.462 e. The van der Waals surface area contributed by atoms with Crippen molar-refractivity contribution in [2.75, 3.05) is 17.7 Å². The van der Waals surface area contributed by atoms with E-state index in [4.69, 9.17) is 4.74 Å². The van der Waals surface area contributed by atoms with Crippen LogP contribution in [0.5, 0.6) is 0 Å². The first-order valence-corrected chi connectivity index (χ1v) is 12.3. The highest BCUT2D eigenvalue weighted by Crippen LogP contribution is 2.22. The summed E-state index contributed by atoms with van der Waals surface area (Å²) in [5.74, 6) is -0.153. The fraction of sp³-hybridized carbons (Fsp3) is 0.320. The predicted octanol–water partition coefficient (Wildman–Crippen LogP) is 4.00. The van der Waals surface area contributed by atoms with Crippen molar-refractivity contribution in [2.45, 2.75) is 45.4 Å². The second-order valence-corrected chi connectivity index (χ2v) is 8.68. The SMILES string of the molecule is CCOC(=O)c1cccc(NC(=O)CSc2nnc([C@H](C)NC(=O)c3ccccc3C)n2CC)c1. The van der Waals surface area contributed by atoms with Gasteiger partial charge in [-0.1, -0.05) is 36.0 Å². The first kappa shape index (κ1) is 26.0. The van der Waals surface area contributed by atoms with Gasteiger partial charge in [0.05, 0.1) is 24.0 Å². The molecule has 35 heavy (non-hydrogen) atoms. The fourth-order valence-corrected chi connectivity index (χ4v) is 4.27. The van der Waals surface area contributed by atoms with E-state index in [2.05, 4.69) is 20.8 Å². The molecular formula is C25H29N5O4S. The molecule has 0 fully saturated rings. The number of aryl methyl sites for hydroxylation is 1. The maximum absolute atomic E-state index is 12.7. The summed E-state index contributed by atoms with van der Waals surface area (Å²) < 4.78 is 6.87. The summed E-state index contributed by atoms with van der Waals surface area (Å²) in [6.07, 6.45) is 0.